The highest BCUT2D eigenvalue weighted by atomic mass is 35.5. The van der Waals surface area contributed by atoms with E-state index in [0.717, 1.165) is 54.5 Å². The van der Waals surface area contributed by atoms with E-state index in [2.05, 4.69) is 35.2 Å². The number of rotatable bonds is 0. The van der Waals surface area contributed by atoms with E-state index in [0.29, 0.717) is 11.6 Å². The van der Waals surface area contributed by atoms with Crippen LogP contribution in [0, 0.1) is 0 Å². The van der Waals surface area contributed by atoms with E-state index in [1.54, 1.807) is 0 Å². The second kappa shape index (κ2) is 6.86. The van der Waals surface area contributed by atoms with Gasteiger partial charge in [0.05, 0.1) is 17.8 Å². The number of hydrogen-bond donors (Lipinski definition) is 0. The fourth-order valence-corrected chi connectivity index (χ4v) is 4.98. The third kappa shape index (κ3) is 2.83. The smallest absolute Gasteiger partial charge is 0.153 e. The molecule has 0 aromatic heterocycles. The molecule has 1 saturated heterocycles. The normalized spacial score (nSPS) is 18.7. The summed E-state index contributed by atoms with van der Waals surface area (Å²) in [6, 6.07) is 22.3. The molecule has 5 heteroatoms. The van der Waals surface area contributed by atoms with E-state index < -0.39 is 0 Å². The Hall–Kier alpha value is -2.82. The van der Waals surface area contributed by atoms with Gasteiger partial charge in [0.1, 0.15) is 17.3 Å². The van der Waals surface area contributed by atoms with Crippen LogP contribution in [0.1, 0.15) is 29.5 Å². The van der Waals surface area contributed by atoms with Crippen LogP contribution in [0.25, 0.3) is 0 Å². The zero-order valence-corrected chi connectivity index (χ0v) is 17.2. The Kier molecular flexibility index (Phi) is 4.12. The summed E-state index contributed by atoms with van der Waals surface area (Å²) in [7, 11) is 0. The molecule has 3 aliphatic rings. The van der Waals surface area contributed by atoms with E-state index in [-0.39, 0.29) is 5.60 Å². The molecule has 30 heavy (non-hydrogen) atoms. The van der Waals surface area contributed by atoms with E-state index in [1.165, 1.54) is 11.1 Å². The van der Waals surface area contributed by atoms with E-state index in [1.807, 2.05) is 36.4 Å². The molecule has 150 valence electrons. The molecule has 1 spiro atoms. The zero-order chi connectivity index (χ0) is 20.1. The van der Waals surface area contributed by atoms with Crippen molar-refractivity contribution in [3.8, 4) is 11.5 Å². The second-order valence-electron chi connectivity index (χ2n) is 8.07. The summed E-state index contributed by atoms with van der Waals surface area (Å²) < 4.78 is 12.5. The van der Waals surface area contributed by atoms with Gasteiger partial charge >= 0.3 is 0 Å². The molecule has 1 fully saturated rings. The van der Waals surface area contributed by atoms with Crippen molar-refractivity contribution in [3.05, 3.63) is 88.4 Å². The molecule has 0 radical (unpaired) electrons. The number of ether oxygens (including phenoxy) is 2. The molecule has 0 amide bonds. The highest BCUT2D eigenvalue weighted by Gasteiger charge is 2.43. The lowest BCUT2D eigenvalue weighted by atomic mass is 9.83. The summed E-state index contributed by atoms with van der Waals surface area (Å²) in [5.74, 6) is 2.48. The molecule has 6 rings (SSSR count). The minimum atomic E-state index is -0.171. The topological polar surface area (TPSA) is 34.1 Å². The van der Waals surface area contributed by atoms with Gasteiger partial charge in [-0.1, -0.05) is 48.0 Å². The molecule has 0 atom stereocenters. The third-order valence-electron chi connectivity index (χ3n) is 6.38. The predicted octanol–water partition coefficient (Wildman–Crippen LogP) is 6.05. The molecule has 4 nitrogen and oxygen atoms in total. The Balaban J connectivity index is 1.36. The Labute approximate surface area is 180 Å². The minimum absolute atomic E-state index is 0.171. The third-order valence-corrected chi connectivity index (χ3v) is 6.61. The highest BCUT2D eigenvalue weighted by molar-refractivity contribution is 6.31. The summed E-state index contributed by atoms with van der Waals surface area (Å²) in [4.78, 5) is 7.37. The number of aliphatic imine (C=N–C) groups is 1. The SMILES string of the molecule is Clc1ccc2c(c1)N=C(N1CCC3(CC1)OCc1ccccc13)c1ccccc1O2. The standard InChI is InChI=1S/C25H21ClN2O2/c26-18-9-10-23-21(15-18)27-24(19-6-2-4-8-22(19)30-23)28-13-11-25(12-14-28)20-7-3-1-5-17(20)16-29-25/h1-10,15H,11-14,16H2. The summed E-state index contributed by atoms with van der Waals surface area (Å²) in [6.07, 6.45) is 1.88. The number of amidine groups is 1. The van der Waals surface area contributed by atoms with Crippen molar-refractivity contribution in [2.24, 2.45) is 4.99 Å². The molecular weight excluding hydrogens is 396 g/mol. The quantitative estimate of drug-likeness (QED) is 0.447. The number of fused-ring (bicyclic) bond motifs is 4. The Morgan fingerprint density at radius 3 is 2.60 bits per heavy atom. The van der Waals surface area contributed by atoms with Gasteiger partial charge in [-0.05, 0) is 54.3 Å². The Bertz CT molecular complexity index is 1170. The number of para-hydroxylation sites is 1. The van der Waals surface area contributed by atoms with Crippen molar-refractivity contribution < 1.29 is 9.47 Å². The van der Waals surface area contributed by atoms with Crippen molar-refractivity contribution in [3.63, 3.8) is 0 Å². The van der Waals surface area contributed by atoms with Crippen molar-refractivity contribution in [1.29, 1.82) is 0 Å². The van der Waals surface area contributed by atoms with E-state index in [4.69, 9.17) is 26.1 Å². The number of nitrogens with zero attached hydrogens (tertiary/aromatic N) is 2. The van der Waals surface area contributed by atoms with Crippen LogP contribution in [-0.2, 0) is 16.9 Å². The number of halogens is 1. The molecule has 0 saturated carbocycles. The molecule has 3 aromatic carbocycles. The molecule has 0 bridgehead atoms. The van der Waals surface area contributed by atoms with Gasteiger partial charge in [0.15, 0.2) is 5.75 Å². The van der Waals surface area contributed by atoms with Crippen LogP contribution in [-0.4, -0.2) is 23.8 Å². The van der Waals surface area contributed by atoms with Crippen molar-refractivity contribution in [2.75, 3.05) is 13.1 Å². The van der Waals surface area contributed by atoms with E-state index >= 15 is 0 Å². The highest BCUT2D eigenvalue weighted by Crippen LogP contribution is 2.45. The maximum atomic E-state index is 6.34. The maximum absolute atomic E-state index is 6.34. The van der Waals surface area contributed by atoms with Crippen molar-refractivity contribution in [1.82, 2.24) is 4.90 Å². The van der Waals surface area contributed by atoms with Crippen LogP contribution in [0.2, 0.25) is 5.02 Å². The number of likely N-dealkylation sites (tertiary alicyclic amines) is 1. The van der Waals surface area contributed by atoms with E-state index in [9.17, 15) is 0 Å². The molecule has 0 unspecified atom stereocenters. The first-order valence-electron chi connectivity index (χ1n) is 10.3. The second-order valence-corrected chi connectivity index (χ2v) is 8.51. The summed E-state index contributed by atoms with van der Waals surface area (Å²) in [6.45, 7) is 2.45. The van der Waals surface area contributed by atoms with Gasteiger partial charge in [0.2, 0.25) is 0 Å². The van der Waals surface area contributed by atoms with Crippen LogP contribution in [0.15, 0.2) is 71.7 Å². The summed E-state index contributed by atoms with van der Waals surface area (Å²) in [5.41, 5.74) is 4.27. The average molecular weight is 417 g/mol. The lowest BCUT2D eigenvalue weighted by Crippen LogP contribution is -2.45. The molecule has 3 heterocycles. The van der Waals surface area contributed by atoms with Crippen LogP contribution >= 0.6 is 11.6 Å². The van der Waals surface area contributed by atoms with Crippen LogP contribution in [0.5, 0.6) is 11.5 Å². The fraction of sp³-hybridized carbons (Fsp3) is 0.240. The molecule has 0 aliphatic carbocycles. The van der Waals surface area contributed by atoms with Gasteiger partial charge < -0.3 is 14.4 Å². The minimum Gasteiger partial charge on any atom is -0.454 e. The largest absolute Gasteiger partial charge is 0.454 e. The van der Waals surface area contributed by atoms with Gasteiger partial charge in [0.25, 0.3) is 0 Å². The lowest BCUT2D eigenvalue weighted by Gasteiger charge is -2.40. The summed E-state index contributed by atoms with van der Waals surface area (Å²) >= 11 is 6.25. The van der Waals surface area contributed by atoms with Crippen LogP contribution in [0.3, 0.4) is 0 Å². The van der Waals surface area contributed by atoms with Crippen LogP contribution in [0.4, 0.5) is 5.69 Å². The van der Waals surface area contributed by atoms with Gasteiger partial charge in [0, 0.05) is 18.1 Å². The first-order valence-corrected chi connectivity index (χ1v) is 10.7. The van der Waals surface area contributed by atoms with Crippen molar-refractivity contribution in [2.45, 2.75) is 25.0 Å². The molecular formula is C25H21ClN2O2. The first-order chi connectivity index (χ1) is 14.7. The fourth-order valence-electron chi connectivity index (χ4n) is 4.82. The molecule has 0 N–H and O–H groups in total. The number of hydrogen-bond acceptors (Lipinski definition) is 4. The maximum Gasteiger partial charge on any atom is 0.153 e. The molecule has 3 aliphatic heterocycles. The van der Waals surface area contributed by atoms with Crippen LogP contribution < -0.4 is 4.74 Å². The van der Waals surface area contributed by atoms with Gasteiger partial charge in [-0.25, -0.2) is 4.99 Å². The predicted molar refractivity (Wildman–Crippen MR) is 118 cm³/mol. The summed E-state index contributed by atoms with van der Waals surface area (Å²) in [5, 5.41) is 0.653. The number of piperidine rings is 1. The van der Waals surface area contributed by atoms with Gasteiger partial charge in [-0.2, -0.15) is 0 Å². The van der Waals surface area contributed by atoms with Gasteiger partial charge in [-0.15, -0.1) is 0 Å². The Morgan fingerprint density at radius 1 is 0.900 bits per heavy atom. The first kappa shape index (κ1) is 18.0. The number of benzene rings is 3. The lowest BCUT2D eigenvalue weighted by molar-refractivity contribution is -0.0704. The van der Waals surface area contributed by atoms with Crippen molar-refractivity contribution >= 4 is 23.1 Å². The van der Waals surface area contributed by atoms with Gasteiger partial charge in [-0.3, -0.25) is 0 Å². The Morgan fingerprint density at radius 2 is 1.70 bits per heavy atom. The average Bonchev–Trinajstić information content (AvgIpc) is 3.04. The zero-order valence-electron chi connectivity index (χ0n) is 16.5. The molecule has 3 aromatic rings. The monoisotopic (exact) mass is 416 g/mol.